The summed E-state index contributed by atoms with van der Waals surface area (Å²) >= 11 is 0. The van der Waals surface area contributed by atoms with Crippen LogP contribution in [0, 0.1) is 5.92 Å². The second-order valence-electron chi connectivity index (χ2n) is 5.28. The second-order valence-corrected chi connectivity index (χ2v) is 7.64. The van der Waals surface area contributed by atoms with Gasteiger partial charge in [0.25, 0.3) is 0 Å². The van der Waals surface area contributed by atoms with E-state index in [-0.39, 0.29) is 24.1 Å². The fourth-order valence-electron chi connectivity index (χ4n) is 1.86. The lowest BCUT2D eigenvalue weighted by molar-refractivity contribution is -0.139. The van der Waals surface area contributed by atoms with Gasteiger partial charge in [-0.3, -0.25) is 4.79 Å². The molecule has 0 saturated heterocycles. The summed E-state index contributed by atoms with van der Waals surface area (Å²) in [4.78, 5) is 11.4. The van der Waals surface area contributed by atoms with Crippen molar-refractivity contribution in [3.63, 3.8) is 0 Å². The Kier molecular flexibility index (Phi) is 5.74. The highest BCUT2D eigenvalue weighted by atomic mass is 32.2. The molecule has 0 aromatic heterocycles. The fourth-order valence-corrected chi connectivity index (χ4v) is 3.67. The number of rotatable bonds is 6. The van der Waals surface area contributed by atoms with Crippen molar-refractivity contribution in [1.82, 2.24) is 0 Å². The molecule has 1 unspecified atom stereocenters. The van der Waals surface area contributed by atoms with Gasteiger partial charge in [0.2, 0.25) is 0 Å². The molecule has 0 bridgehead atoms. The SMILES string of the molecule is COC(=O)Cc1ccccc1CS(=O)(=O)C(C)C(C)C. The van der Waals surface area contributed by atoms with Gasteiger partial charge in [0.05, 0.1) is 24.5 Å². The third-order valence-corrected chi connectivity index (χ3v) is 5.93. The van der Waals surface area contributed by atoms with Crippen LogP contribution in [0.2, 0.25) is 0 Å². The van der Waals surface area contributed by atoms with Crippen LogP contribution in [-0.4, -0.2) is 26.7 Å². The summed E-state index contributed by atoms with van der Waals surface area (Å²) in [7, 11) is -1.91. The number of sulfone groups is 1. The van der Waals surface area contributed by atoms with E-state index in [1.54, 1.807) is 31.2 Å². The number of hydrogen-bond acceptors (Lipinski definition) is 4. The fraction of sp³-hybridized carbons (Fsp3) is 0.533. The number of methoxy groups -OCH3 is 1. The van der Waals surface area contributed by atoms with Crippen molar-refractivity contribution in [3.05, 3.63) is 35.4 Å². The van der Waals surface area contributed by atoms with Crippen molar-refractivity contribution in [1.29, 1.82) is 0 Å². The lowest BCUT2D eigenvalue weighted by Gasteiger charge is -2.17. The van der Waals surface area contributed by atoms with E-state index < -0.39 is 15.1 Å². The molecule has 4 nitrogen and oxygen atoms in total. The molecule has 1 aromatic carbocycles. The average Bonchev–Trinajstić information content (AvgIpc) is 2.39. The van der Waals surface area contributed by atoms with Crippen molar-refractivity contribution in [2.24, 2.45) is 5.92 Å². The first-order chi connectivity index (χ1) is 9.27. The van der Waals surface area contributed by atoms with Crippen LogP contribution in [0.25, 0.3) is 0 Å². The minimum absolute atomic E-state index is 0.0421. The van der Waals surface area contributed by atoms with Gasteiger partial charge in [-0.25, -0.2) is 8.42 Å². The maximum absolute atomic E-state index is 12.3. The van der Waals surface area contributed by atoms with Crippen LogP contribution >= 0.6 is 0 Å². The van der Waals surface area contributed by atoms with Crippen molar-refractivity contribution in [2.75, 3.05) is 7.11 Å². The van der Waals surface area contributed by atoms with Gasteiger partial charge in [0.15, 0.2) is 9.84 Å². The first-order valence-corrected chi connectivity index (χ1v) is 8.34. The summed E-state index contributed by atoms with van der Waals surface area (Å²) in [6.45, 7) is 5.51. The standard InChI is InChI=1S/C15H22O4S/c1-11(2)12(3)20(17,18)10-14-8-6-5-7-13(14)9-15(16)19-4/h5-8,11-12H,9-10H2,1-4H3. The van der Waals surface area contributed by atoms with Crippen molar-refractivity contribution in [2.45, 2.75) is 38.2 Å². The Hall–Kier alpha value is -1.36. The minimum atomic E-state index is -3.23. The highest BCUT2D eigenvalue weighted by molar-refractivity contribution is 7.91. The molecule has 0 fully saturated rings. The van der Waals surface area contributed by atoms with Crippen LogP contribution in [-0.2, 0) is 31.5 Å². The molecule has 0 amide bonds. The number of hydrogen-bond donors (Lipinski definition) is 0. The molecule has 0 aliphatic heterocycles. The number of ether oxygens (including phenoxy) is 1. The molecule has 0 aliphatic carbocycles. The first kappa shape index (κ1) is 16.7. The minimum Gasteiger partial charge on any atom is -0.469 e. The van der Waals surface area contributed by atoms with E-state index in [0.29, 0.717) is 11.1 Å². The molecule has 0 heterocycles. The highest BCUT2D eigenvalue weighted by Gasteiger charge is 2.25. The average molecular weight is 298 g/mol. The van der Waals surface area contributed by atoms with Crippen LogP contribution in [0.5, 0.6) is 0 Å². The van der Waals surface area contributed by atoms with Gasteiger partial charge in [0.1, 0.15) is 0 Å². The Bertz CT molecular complexity index is 561. The topological polar surface area (TPSA) is 60.4 Å². The van der Waals surface area contributed by atoms with Crippen LogP contribution in [0.4, 0.5) is 0 Å². The van der Waals surface area contributed by atoms with E-state index in [1.807, 2.05) is 13.8 Å². The van der Waals surface area contributed by atoms with Crippen LogP contribution < -0.4 is 0 Å². The summed E-state index contributed by atoms with van der Waals surface area (Å²) in [5.41, 5.74) is 1.38. The van der Waals surface area contributed by atoms with E-state index in [4.69, 9.17) is 0 Å². The zero-order valence-corrected chi connectivity index (χ0v) is 13.2. The van der Waals surface area contributed by atoms with E-state index in [2.05, 4.69) is 4.74 Å². The number of esters is 1. The Morgan fingerprint density at radius 3 is 2.20 bits per heavy atom. The number of carbonyl (C=O) groups is 1. The smallest absolute Gasteiger partial charge is 0.309 e. The van der Waals surface area contributed by atoms with Crippen molar-refractivity contribution >= 4 is 15.8 Å². The molecule has 0 spiro atoms. The molecule has 0 N–H and O–H groups in total. The second kappa shape index (κ2) is 6.88. The Balaban J connectivity index is 3.01. The lowest BCUT2D eigenvalue weighted by Crippen LogP contribution is -2.25. The monoisotopic (exact) mass is 298 g/mol. The number of carbonyl (C=O) groups excluding carboxylic acids is 1. The zero-order valence-electron chi connectivity index (χ0n) is 12.4. The predicted molar refractivity (Wildman–Crippen MR) is 79.1 cm³/mol. The molecule has 0 saturated carbocycles. The third kappa shape index (κ3) is 4.34. The lowest BCUT2D eigenvalue weighted by atomic mass is 10.1. The van der Waals surface area contributed by atoms with Crippen LogP contribution in [0.3, 0.4) is 0 Å². The quantitative estimate of drug-likeness (QED) is 0.756. The Morgan fingerprint density at radius 1 is 1.15 bits per heavy atom. The molecule has 1 atom stereocenters. The normalized spacial score (nSPS) is 13.2. The molecule has 20 heavy (non-hydrogen) atoms. The summed E-state index contributed by atoms with van der Waals surface area (Å²) in [6.07, 6.45) is 0.0955. The summed E-state index contributed by atoms with van der Waals surface area (Å²) < 4.78 is 29.3. The predicted octanol–water partition coefficient (Wildman–Crippen LogP) is 2.36. The molecular formula is C15H22O4S. The van der Waals surface area contributed by atoms with Crippen LogP contribution in [0.15, 0.2) is 24.3 Å². The molecule has 112 valence electrons. The van der Waals surface area contributed by atoms with Gasteiger partial charge in [-0.15, -0.1) is 0 Å². The Labute approximate surface area is 121 Å². The molecule has 1 rings (SSSR count). The van der Waals surface area contributed by atoms with E-state index >= 15 is 0 Å². The summed E-state index contributed by atoms with van der Waals surface area (Å²) in [5, 5.41) is -0.409. The van der Waals surface area contributed by atoms with Gasteiger partial charge in [-0.1, -0.05) is 38.1 Å². The third-order valence-electron chi connectivity index (χ3n) is 3.54. The van der Waals surface area contributed by atoms with Gasteiger partial charge in [-0.05, 0) is 24.0 Å². The van der Waals surface area contributed by atoms with Gasteiger partial charge in [-0.2, -0.15) is 0 Å². The van der Waals surface area contributed by atoms with Crippen molar-refractivity contribution in [3.8, 4) is 0 Å². The maximum atomic E-state index is 12.3. The summed E-state index contributed by atoms with van der Waals surface area (Å²) in [5.74, 6) is -0.348. The van der Waals surface area contributed by atoms with Crippen LogP contribution in [0.1, 0.15) is 31.9 Å². The zero-order chi connectivity index (χ0) is 15.3. The van der Waals surface area contributed by atoms with E-state index in [1.165, 1.54) is 7.11 Å². The largest absolute Gasteiger partial charge is 0.469 e. The highest BCUT2D eigenvalue weighted by Crippen LogP contribution is 2.20. The van der Waals surface area contributed by atoms with Gasteiger partial charge >= 0.3 is 5.97 Å². The molecule has 1 aromatic rings. The Morgan fingerprint density at radius 2 is 1.70 bits per heavy atom. The molecule has 5 heteroatoms. The molecular weight excluding hydrogens is 276 g/mol. The summed E-state index contributed by atoms with van der Waals surface area (Å²) in [6, 6.07) is 7.09. The van der Waals surface area contributed by atoms with E-state index in [9.17, 15) is 13.2 Å². The number of benzene rings is 1. The first-order valence-electron chi connectivity index (χ1n) is 6.63. The molecule has 0 radical (unpaired) electrons. The molecule has 0 aliphatic rings. The van der Waals surface area contributed by atoms with Gasteiger partial charge < -0.3 is 4.74 Å². The van der Waals surface area contributed by atoms with Crippen molar-refractivity contribution < 1.29 is 17.9 Å². The van der Waals surface area contributed by atoms with Gasteiger partial charge in [0, 0.05) is 0 Å². The maximum Gasteiger partial charge on any atom is 0.309 e. The van der Waals surface area contributed by atoms with E-state index in [0.717, 1.165) is 0 Å².